The molecule has 1 unspecified atom stereocenters. The summed E-state index contributed by atoms with van der Waals surface area (Å²) >= 11 is 0. The highest BCUT2D eigenvalue weighted by molar-refractivity contribution is 6.03. The average Bonchev–Trinajstić information content (AvgIpc) is 2.89. The predicted molar refractivity (Wildman–Crippen MR) is 143 cm³/mol. The van der Waals surface area contributed by atoms with Crippen LogP contribution in [0.1, 0.15) is 33.7 Å². The van der Waals surface area contributed by atoms with Crippen LogP contribution in [0.15, 0.2) is 127 Å². The van der Waals surface area contributed by atoms with Crippen molar-refractivity contribution >= 4 is 30.0 Å². The van der Waals surface area contributed by atoms with Crippen LogP contribution in [-0.2, 0) is 0 Å². The van der Waals surface area contributed by atoms with Gasteiger partial charge in [0.1, 0.15) is 0 Å². The van der Waals surface area contributed by atoms with Gasteiger partial charge in [-0.25, -0.2) is 0 Å². The Morgan fingerprint density at radius 3 is 1.61 bits per heavy atom. The SMILES string of the molecule is N=C(C=Cc1ccccc1)C(C=Cc1ccccc1)c1ccccc1C=Cc1ccccc1. The Morgan fingerprint density at radius 2 is 1.00 bits per heavy atom. The van der Waals surface area contributed by atoms with Gasteiger partial charge in [-0.05, 0) is 33.9 Å². The van der Waals surface area contributed by atoms with Crippen molar-refractivity contribution in [3.63, 3.8) is 0 Å². The van der Waals surface area contributed by atoms with Crippen LogP contribution >= 0.6 is 0 Å². The highest BCUT2D eigenvalue weighted by atomic mass is 14.4. The number of rotatable bonds is 8. The smallest absolute Gasteiger partial charge is 0.0445 e. The third-order valence-corrected chi connectivity index (χ3v) is 5.46. The Hall–Kier alpha value is -4.23. The molecular formula is C32H27N. The lowest BCUT2D eigenvalue weighted by Crippen LogP contribution is -2.08. The molecule has 1 N–H and O–H groups in total. The number of benzene rings is 4. The van der Waals surface area contributed by atoms with Gasteiger partial charge in [0.05, 0.1) is 0 Å². The van der Waals surface area contributed by atoms with Gasteiger partial charge < -0.3 is 5.41 Å². The summed E-state index contributed by atoms with van der Waals surface area (Å²) in [5.41, 5.74) is 6.14. The Labute approximate surface area is 196 Å². The van der Waals surface area contributed by atoms with E-state index in [1.807, 2.05) is 72.8 Å². The summed E-state index contributed by atoms with van der Waals surface area (Å²) in [5, 5.41) is 8.93. The van der Waals surface area contributed by atoms with Gasteiger partial charge in [-0.15, -0.1) is 0 Å². The van der Waals surface area contributed by atoms with Crippen molar-refractivity contribution in [3.05, 3.63) is 155 Å². The van der Waals surface area contributed by atoms with Crippen molar-refractivity contribution in [1.29, 1.82) is 5.41 Å². The number of hydrogen-bond acceptors (Lipinski definition) is 1. The lowest BCUT2D eigenvalue weighted by molar-refractivity contribution is 1.13. The van der Waals surface area contributed by atoms with Gasteiger partial charge in [0.2, 0.25) is 0 Å². The fraction of sp³-hybridized carbons (Fsp3) is 0.0312. The molecule has 1 atom stereocenters. The molecule has 0 aliphatic heterocycles. The third-order valence-electron chi connectivity index (χ3n) is 5.46. The van der Waals surface area contributed by atoms with Crippen molar-refractivity contribution in [2.75, 3.05) is 0 Å². The molecule has 4 rings (SSSR count). The minimum absolute atomic E-state index is 0.165. The minimum atomic E-state index is -0.165. The molecule has 1 heteroatoms. The first-order valence-corrected chi connectivity index (χ1v) is 11.2. The Bertz CT molecular complexity index is 1250. The fourth-order valence-electron chi connectivity index (χ4n) is 3.70. The summed E-state index contributed by atoms with van der Waals surface area (Å²) < 4.78 is 0. The number of allylic oxidation sites excluding steroid dienone is 2. The fourth-order valence-corrected chi connectivity index (χ4v) is 3.70. The largest absolute Gasteiger partial charge is 0.304 e. The van der Waals surface area contributed by atoms with E-state index in [0.29, 0.717) is 5.71 Å². The van der Waals surface area contributed by atoms with E-state index in [-0.39, 0.29) is 5.92 Å². The van der Waals surface area contributed by atoms with Crippen molar-refractivity contribution in [2.45, 2.75) is 5.92 Å². The van der Waals surface area contributed by atoms with Crippen LogP contribution < -0.4 is 0 Å². The van der Waals surface area contributed by atoms with E-state index in [4.69, 9.17) is 5.41 Å². The molecule has 4 aromatic carbocycles. The Morgan fingerprint density at radius 1 is 0.515 bits per heavy atom. The quantitative estimate of drug-likeness (QED) is 0.216. The van der Waals surface area contributed by atoms with Crippen LogP contribution in [0, 0.1) is 5.41 Å². The van der Waals surface area contributed by atoms with E-state index >= 15 is 0 Å². The van der Waals surface area contributed by atoms with E-state index in [0.717, 1.165) is 27.8 Å². The van der Waals surface area contributed by atoms with E-state index in [1.165, 1.54) is 0 Å². The summed E-state index contributed by atoms with van der Waals surface area (Å²) in [6.45, 7) is 0. The highest BCUT2D eigenvalue weighted by Crippen LogP contribution is 2.26. The zero-order chi connectivity index (χ0) is 22.7. The zero-order valence-electron chi connectivity index (χ0n) is 18.5. The molecule has 0 heterocycles. The molecular weight excluding hydrogens is 398 g/mol. The molecule has 0 aliphatic rings. The number of hydrogen-bond donors (Lipinski definition) is 1. The molecule has 0 aliphatic carbocycles. The molecule has 0 radical (unpaired) electrons. The van der Waals surface area contributed by atoms with Crippen molar-refractivity contribution in [1.82, 2.24) is 0 Å². The minimum Gasteiger partial charge on any atom is -0.304 e. The van der Waals surface area contributed by atoms with E-state index in [1.54, 1.807) is 0 Å². The lowest BCUT2D eigenvalue weighted by atomic mass is 9.88. The third kappa shape index (κ3) is 6.38. The first-order chi connectivity index (χ1) is 16.3. The Kier molecular flexibility index (Phi) is 7.60. The van der Waals surface area contributed by atoms with E-state index in [9.17, 15) is 0 Å². The van der Waals surface area contributed by atoms with Crippen molar-refractivity contribution in [2.24, 2.45) is 0 Å². The second-order valence-corrected chi connectivity index (χ2v) is 7.82. The van der Waals surface area contributed by atoms with Crippen molar-refractivity contribution in [3.8, 4) is 0 Å². The van der Waals surface area contributed by atoms with Crippen LogP contribution in [0.4, 0.5) is 0 Å². The highest BCUT2D eigenvalue weighted by Gasteiger charge is 2.15. The maximum absolute atomic E-state index is 8.93. The molecule has 33 heavy (non-hydrogen) atoms. The van der Waals surface area contributed by atoms with Gasteiger partial charge in [0, 0.05) is 11.6 Å². The molecule has 0 saturated carbocycles. The van der Waals surface area contributed by atoms with E-state index < -0.39 is 0 Å². The molecule has 0 aromatic heterocycles. The summed E-state index contributed by atoms with van der Waals surface area (Å²) in [6, 6.07) is 39.0. The molecule has 160 valence electrons. The monoisotopic (exact) mass is 425 g/mol. The van der Waals surface area contributed by atoms with Gasteiger partial charge >= 0.3 is 0 Å². The first kappa shape index (κ1) is 22.0. The molecule has 0 saturated heterocycles. The van der Waals surface area contributed by atoms with Gasteiger partial charge in [0.25, 0.3) is 0 Å². The second kappa shape index (κ2) is 11.4. The molecule has 0 amide bonds. The maximum Gasteiger partial charge on any atom is 0.0445 e. The maximum atomic E-state index is 8.93. The normalized spacial score (nSPS) is 12.5. The molecule has 4 aromatic rings. The average molecular weight is 426 g/mol. The summed E-state index contributed by atoms with van der Waals surface area (Å²) in [5.74, 6) is -0.165. The molecule has 1 nitrogen and oxygen atoms in total. The summed E-state index contributed by atoms with van der Waals surface area (Å²) in [7, 11) is 0. The number of nitrogens with one attached hydrogen (secondary N) is 1. The lowest BCUT2D eigenvalue weighted by Gasteiger charge is -2.16. The summed E-state index contributed by atoms with van der Waals surface area (Å²) in [4.78, 5) is 0. The molecule has 0 spiro atoms. The molecule has 0 fully saturated rings. The van der Waals surface area contributed by atoms with Crippen molar-refractivity contribution < 1.29 is 0 Å². The van der Waals surface area contributed by atoms with E-state index in [2.05, 4.69) is 78.9 Å². The zero-order valence-corrected chi connectivity index (χ0v) is 18.5. The summed E-state index contributed by atoms with van der Waals surface area (Å²) in [6.07, 6.45) is 12.4. The second-order valence-electron chi connectivity index (χ2n) is 7.82. The van der Waals surface area contributed by atoms with Gasteiger partial charge in [-0.1, -0.05) is 146 Å². The van der Waals surface area contributed by atoms with Gasteiger partial charge in [-0.2, -0.15) is 0 Å². The topological polar surface area (TPSA) is 23.9 Å². The van der Waals surface area contributed by atoms with Crippen LogP contribution in [0.2, 0.25) is 0 Å². The van der Waals surface area contributed by atoms with Crippen LogP contribution in [0.3, 0.4) is 0 Å². The molecule has 0 bridgehead atoms. The predicted octanol–water partition coefficient (Wildman–Crippen LogP) is 8.39. The van der Waals surface area contributed by atoms with Gasteiger partial charge in [-0.3, -0.25) is 0 Å². The van der Waals surface area contributed by atoms with Crippen LogP contribution in [0.5, 0.6) is 0 Å². The first-order valence-electron chi connectivity index (χ1n) is 11.2. The Balaban J connectivity index is 1.68. The van der Waals surface area contributed by atoms with Gasteiger partial charge in [0.15, 0.2) is 0 Å². The van der Waals surface area contributed by atoms with Crippen LogP contribution in [0.25, 0.3) is 24.3 Å². The van der Waals surface area contributed by atoms with Crippen LogP contribution in [-0.4, -0.2) is 5.71 Å². The standard InChI is InChI=1S/C32H27N/c33-32(25-22-28-16-8-3-9-17-28)31(24-21-27-14-6-2-7-15-27)30-19-11-10-18-29(30)23-20-26-12-4-1-5-13-26/h1-25,31,33H.